The van der Waals surface area contributed by atoms with E-state index in [-0.39, 0.29) is 17.7 Å². The third kappa shape index (κ3) is 8.94. The van der Waals surface area contributed by atoms with Crippen LogP contribution < -0.4 is 25.4 Å². The average Bonchev–Trinajstić information content (AvgIpc) is 2.90. The molecule has 1 atom stereocenters. The summed E-state index contributed by atoms with van der Waals surface area (Å²) in [6.07, 6.45) is 6.52. The number of sulfonamides is 2. The van der Waals surface area contributed by atoms with Crippen LogP contribution in [0.15, 0.2) is 96.3 Å². The van der Waals surface area contributed by atoms with Crippen molar-refractivity contribution in [3.63, 3.8) is 0 Å². The van der Waals surface area contributed by atoms with Crippen molar-refractivity contribution in [1.29, 1.82) is 0 Å². The van der Waals surface area contributed by atoms with Crippen LogP contribution in [0.25, 0.3) is 0 Å². The maximum atomic E-state index is 12.7. The Morgan fingerprint density at radius 2 is 1.05 bits per heavy atom. The van der Waals surface area contributed by atoms with Crippen molar-refractivity contribution in [1.82, 2.24) is 5.32 Å². The molecule has 4 rings (SSSR count). The van der Waals surface area contributed by atoms with Gasteiger partial charge in [0.05, 0.1) is 12.5 Å². The summed E-state index contributed by atoms with van der Waals surface area (Å²) < 4.78 is 50.1. The van der Waals surface area contributed by atoms with E-state index in [4.69, 9.17) is 0 Å². The highest BCUT2D eigenvalue weighted by atomic mass is 32.2. The molecule has 0 saturated heterocycles. The average molecular weight is 610 g/mol. The van der Waals surface area contributed by atoms with Gasteiger partial charge in [-0.15, -0.1) is 0 Å². The topological polar surface area (TPSA) is 163 Å². The molecule has 1 aliphatic carbocycles. The molecule has 0 saturated carbocycles. The Hall–Kier alpha value is -4.62. The first kappa shape index (κ1) is 30.3. The number of hydrogen-bond donors (Lipinski definition) is 5. The Morgan fingerprint density at radius 3 is 1.50 bits per heavy atom. The molecule has 1 unspecified atom stereocenters. The summed E-state index contributed by atoms with van der Waals surface area (Å²) in [5, 5.41) is 9.10. The van der Waals surface area contributed by atoms with Crippen molar-refractivity contribution in [3.8, 4) is 0 Å². The predicted octanol–water partition coefficient (Wildman–Crippen LogP) is 4.33. The molecule has 0 heterocycles. The first-order valence-electron chi connectivity index (χ1n) is 12.8. The van der Waals surface area contributed by atoms with Gasteiger partial charge < -0.3 is 16.0 Å². The van der Waals surface area contributed by atoms with Crippen LogP contribution in [0.5, 0.6) is 0 Å². The summed E-state index contributed by atoms with van der Waals surface area (Å²) in [5.74, 6) is -0.583. The lowest BCUT2D eigenvalue weighted by Crippen LogP contribution is -2.28. The summed E-state index contributed by atoms with van der Waals surface area (Å²) in [6.45, 7) is 2.00. The van der Waals surface area contributed by atoms with E-state index in [1.165, 1.54) is 36.4 Å². The normalized spacial score (nSPS) is 15.1. The molecule has 13 heteroatoms. The zero-order valence-corrected chi connectivity index (χ0v) is 24.8. The van der Waals surface area contributed by atoms with Gasteiger partial charge >= 0.3 is 0 Å². The van der Waals surface area contributed by atoms with Crippen molar-refractivity contribution in [2.45, 2.75) is 13.3 Å². The molecule has 220 valence electrons. The van der Waals surface area contributed by atoms with E-state index >= 15 is 0 Å². The number of rotatable bonds is 10. The fraction of sp³-hybridized carbons (Fsp3) is 0.172. The van der Waals surface area contributed by atoms with Gasteiger partial charge in [-0.3, -0.25) is 19.0 Å². The Balaban J connectivity index is 1.32. The van der Waals surface area contributed by atoms with Crippen LogP contribution in [0, 0.1) is 5.92 Å². The van der Waals surface area contributed by atoms with Gasteiger partial charge in [-0.2, -0.15) is 0 Å². The van der Waals surface area contributed by atoms with Crippen molar-refractivity contribution >= 4 is 54.6 Å². The second-order valence-corrected chi connectivity index (χ2v) is 13.4. The number of anilines is 4. The molecule has 0 spiro atoms. The molecule has 0 radical (unpaired) electrons. The summed E-state index contributed by atoms with van der Waals surface area (Å²) in [5.41, 5.74) is 4.68. The maximum absolute atomic E-state index is 12.7. The molecule has 0 fully saturated rings. The molecule has 1 aliphatic rings. The van der Waals surface area contributed by atoms with Crippen LogP contribution in [-0.4, -0.2) is 41.2 Å². The number of benzene rings is 3. The molecule has 5 N–H and O–H groups in total. The Kier molecular flexibility index (Phi) is 9.02. The minimum absolute atomic E-state index is 0.0326. The molecule has 2 amide bonds. The number of amides is 2. The Bertz CT molecular complexity index is 1750. The van der Waals surface area contributed by atoms with Gasteiger partial charge in [0.15, 0.2) is 0 Å². The zero-order valence-electron chi connectivity index (χ0n) is 23.1. The maximum Gasteiger partial charge on any atom is 0.255 e. The third-order valence-electron chi connectivity index (χ3n) is 6.13. The third-order valence-corrected chi connectivity index (χ3v) is 7.34. The number of nitrogens with one attached hydrogen (secondary N) is 5. The molecule has 0 aromatic heterocycles. The molecule has 3 aromatic rings. The highest BCUT2D eigenvalue weighted by Gasteiger charge is 2.18. The van der Waals surface area contributed by atoms with Gasteiger partial charge in [0, 0.05) is 51.2 Å². The summed E-state index contributed by atoms with van der Waals surface area (Å²) >= 11 is 0. The van der Waals surface area contributed by atoms with Crippen LogP contribution in [0.4, 0.5) is 22.7 Å². The standard InChI is InChI=1S/C29H31N5O6S2/c1-19-18-26(16-17-27(19)32-29(36)21-6-10-25(11-7-21)34-42(3,39)40)30-22-12-14-23(15-13-22)31-28(35)20-4-8-24(9-5-20)33-41(2,37)38/h4-17,19,30,33-34H,18H2,1-3H3,(H,31,35)(H,32,36). The molecule has 42 heavy (non-hydrogen) atoms. The SMILES string of the molecule is CC1CC(Nc2ccc(NC(=O)c3ccc(NS(C)(=O)=O)cc3)cc2)=CC=C1NC(=O)c1ccc(NS(C)(=O)=O)cc1. The first-order valence-corrected chi connectivity index (χ1v) is 16.6. The van der Waals surface area contributed by atoms with Gasteiger partial charge in [-0.05, 0) is 91.4 Å². The number of carbonyl (C=O) groups is 2. The van der Waals surface area contributed by atoms with Gasteiger partial charge in [-0.25, -0.2) is 16.8 Å². The molecule has 3 aromatic carbocycles. The molecular formula is C29H31N5O6S2. The Labute approximate surface area is 245 Å². The summed E-state index contributed by atoms with van der Waals surface area (Å²) in [6, 6.07) is 19.5. The number of hydrogen-bond acceptors (Lipinski definition) is 7. The minimum Gasteiger partial charge on any atom is -0.359 e. The predicted molar refractivity (Wildman–Crippen MR) is 165 cm³/mol. The van der Waals surface area contributed by atoms with Crippen molar-refractivity contribution < 1.29 is 26.4 Å². The van der Waals surface area contributed by atoms with E-state index < -0.39 is 20.0 Å². The molecular weight excluding hydrogens is 578 g/mol. The van der Waals surface area contributed by atoms with E-state index in [1.807, 2.05) is 31.2 Å². The highest BCUT2D eigenvalue weighted by molar-refractivity contribution is 7.92. The van der Waals surface area contributed by atoms with Gasteiger partial charge in [-0.1, -0.05) is 6.92 Å². The fourth-order valence-electron chi connectivity index (χ4n) is 4.16. The van der Waals surface area contributed by atoms with Crippen LogP contribution in [0.1, 0.15) is 34.1 Å². The molecule has 0 bridgehead atoms. The minimum atomic E-state index is -3.40. The number of carbonyl (C=O) groups excluding carboxylic acids is 2. The lowest BCUT2D eigenvalue weighted by Gasteiger charge is -2.23. The first-order chi connectivity index (χ1) is 19.7. The van der Waals surface area contributed by atoms with Crippen molar-refractivity contribution in [2.24, 2.45) is 5.92 Å². The van der Waals surface area contributed by atoms with E-state index in [2.05, 4.69) is 25.4 Å². The quantitative estimate of drug-likeness (QED) is 0.228. The Morgan fingerprint density at radius 1 is 0.619 bits per heavy atom. The monoisotopic (exact) mass is 609 g/mol. The van der Waals surface area contributed by atoms with Gasteiger partial charge in [0.25, 0.3) is 11.8 Å². The lowest BCUT2D eigenvalue weighted by molar-refractivity contribution is 0.0960. The highest BCUT2D eigenvalue weighted by Crippen LogP contribution is 2.26. The smallest absolute Gasteiger partial charge is 0.255 e. The van der Waals surface area contributed by atoms with Crippen LogP contribution in [0.3, 0.4) is 0 Å². The largest absolute Gasteiger partial charge is 0.359 e. The molecule has 0 aliphatic heterocycles. The lowest BCUT2D eigenvalue weighted by atomic mass is 9.96. The number of allylic oxidation sites excluding steroid dienone is 4. The second-order valence-electron chi connectivity index (χ2n) is 9.93. The summed E-state index contributed by atoms with van der Waals surface area (Å²) in [4.78, 5) is 25.3. The summed E-state index contributed by atoms with van der Waals surface area (Å²) in [7, 11) is -6.79. The van der Waals surface area contributed by atoms with Crippen molar-refractivity contribution in [2.75, 3.05) is 32.6 Å². The zero-order chi connectivity index (χ0) is 30.5. The molecule has 11 nitrogen and oxygen atoms in total. The van der Waals surface area contributed by atoms with Crippen LogP contribution in [0.2, 0.25) is 0 Å². The van der Waals surface area contributed by atoms with Crippen LogP contribution in [-0.2, 0) is 20.0 Å². The van der Waals surface area contributed by atoms with Crippen LogP contribution >= 0.6 is 0 Å². The fourth-order valence-corrected chi connectivity index (χ4v) is 5.28. The van der Waals surface area contributed by atoms with E-state index in [9.17, 15) is 26.4 Å². The van der Waals surface area contributed by atoms with E-state index in [1.54, 1.807) is 24.3 Å². The van der Waals surface area contributed by atoms with Gasteiger partial charge in [0.2, 0.25) is 20.0 Å². The van der Waals surface area contributed by atoms with E-state index in [0.717, 1.165) is 29.6 Å². The second kappa shape index (κ2) is 12.5. The van der Waals surface area contributed by atoms with Crippen molar-refractivity contribution in [3.05, 3.63) is 107 Å². The van der Waals surface area contributed by atoms with Gasteiger partial charge in [0.1, 0.15) is 0 Å². The van der Waals surface area contributed by atoms with E-state index in [0.29, 0.717) is 34.6 Å².